The highest BCUT2D eigenvalue weighted by atomic mass is 35.5. The zero-order valence-electron chi connectivity index (χ0n) is 16.1. The molecule has 3 rings (SSSR count). The first-order chi connectivity index (χ1) is 14.0. The highest BCUT2D eigenvalue weighted by molar-refractivity contribution is 6.42. The maximum atomic E-state index is 12.8. The van der Waals surface area contributed by atoms with Crippen LogP contribution in [0.5, 0.6) is 11.5 Å². The van der Waals surface area contributed by atoms with Gasteiger partial charge in [-0.25, -0.2) is 4.79 Å². The summed E-state index contributed by atoms with van der Waals surface area (Å²) in [5.41, 5.74) is 1.87. The van der Waals surface area contributed by atoms with Crippen LogP contribution in [0.3, 0.4) is 0 Å². The molecule has 0 unspecified atom stereocenters. The standard InChI is InChI=1S/C21H21Cl2NO5/c1-3-28-21(26)19-20(29-9-8-25)15-11-14(27-2)5-7-18(15)24(19)12-13-4-6-16(22)17(23)10-13/h4-7,10-11,25H,3,8-9,12H2,1-2H3. The van der Waals surface area contributed by atoms with Crippen molar-refractivity contribution < 1.29 is 24.1 Å². The van der Waals surface area contributed by atoms with Crippen LogP contribution in [0.15, 0.2) is 36.4 Å². The first kappa shape index (κ1) is 21.3. The Morgan fingerprint density at radius 3 is 2.59 bits per heavy atom. The minimum atomic E-state index is -0.518. The quantitative estimate of drug-likeness (QED) is 0.523. The lowest BCUT2D eigenvalue weighted by Crippen LogP contribution is -2.15. The van der Waals surface area contributed by atoms with Crippen molar-refractivity contribution in [1.82, 2.24) is 4.57 Å². The maximum absolute atomic E-state index is 12.8. The second-order valence-corrected chi connectivity index (χ2v) is 7.00. The summed E-state index contributed by atoms with van der Waals surface area (Å²) in [5, 5.41) is 10.8. The molecule has 1 N–H and O–H groups in total. The lowest BCUT2D eigenvalue weighted by atomic mass is 10.2. The van der Waals surface area contributed by atoms with Gasteiger partial charge in [0.25, 0.3) is 0 Å². The molecule has 0 saturated carbocycles. The zero-order valence-corrected chi connectivity index (χ0v) is 17.6. The lowest BCUT2D eigenvalue weighted by molar-refractivity contribution is 0.0508. The first-order valence-electron chi connectivity index (χ1n) is 9.05. The summed E-state index contributed by atoms with van der Waals surface area (Å²) in [5.74, 6) is 0.440. The molecule has 1 aromatic heterocycles. The summed E-state index contributed by atoms with van der Waals surface area (Å²) >= 11 is 12.2. The maximum Gasteiger partial charge on any atom is 0.358 e. The molecule has 3 aromatic rings. The van der Waals surface area contributed by atoms with E-state index in [1.807, 2.05) is 12.1 Å². The summed E-state index contributed by atoms with van der Waals surface area (Å²) in [6.45, 7) is 2.15. The van der Waals surface area contributed by atoms with E-state index in [1.54, 1.807) is 42.9 Å². The molecule has 0 atom stereocenters. The van der Waals surface area contributed by atoms with Crippen LogP contribution >= 0.6 is 23.2 Å². The van der Waals surface area contributed by atoms with Gasteiger partial charge in [-0.2, -0.15) is 0 Å². The van der Waals surface area contributed by atoms with Gasteiger partial charge in [-0.3, -0.25) is 0 Å². The molecular weight excluding hydrogens is 417 g/mol. The van der Waals surface area contributed by atoms with E-state index in [2.05, 4.69) is 0 Å². The molecule has 0 aliphatic rings. The zero-order chi connectivity index (χ0) is 21.0. The molecule has 1 heterocycles. The van der Waals surface area contributed by atoms with Crippen molar-refractivity contribution in [2.24, 2.45) is 0 Å². The van der Waals surface area contributed by atoms with Crippen LogP contribution in [0.4, 0.5) is 0 Å². The molecule has 0 aliphatic carbocycles. The Labute approximate surface area is 178 Å². The molecule has 6 nitrogen and oxygen atoms in total. The number of aliphatic hydroxyl groups is 1. The number of hydrogen-bond acceptors (Lipinski definition) is 5. The topological polar surface area (TPSA) is 69.9 Å². The number of nitrogens with zero attached hydrogens (tertiary/aromatic N) is 1. The van der Waals surface area contributed by atoms with Crippen molar-refractivity contribution >= 4 is 40.1 Å². The van der Waals surface area contributed by atoms with Gasteiger partial charge in [0.2, 0.25) is 0 Å². The van der Waals surface area contributed by atoms with Crippen molar-refractivity contribution in [3.05, 3.63) is 57.7 Å². The molecule has 0 radical (unpaired) electrons. The minimum absolute atomic E-state index is 0.0372. The number of carbonyl (C=O) groups is 1. The summed E-state index contributed by atoms with van der Waals surface area (Å²) in [7, 11) is 1.56. The number of benzene rings is 2. The van der Waals surface area contributed by atoms with Gasteiger partial charge in [0.1, 0.15) is 12.4 Å². The van der Waals surface area contributed by atoms with E-state index in [4.69, 9.17) is 37.4 Å². The van der Waals surface area contributed by atoms with Crippen LogP contribution in [-0.2, 0) is 11.3 Å². The average Bonchev–Trinajstić information content (AvgIpc) is 3.01. The van der Waals surface area contributed by atoms with E-state index >= 15 is 0 Å². The SMILES string of the molecule is CCOC(=O)c1c(OCCO)c2cc(OC)ccc2n1Cc1ccc(Cl)c(Cl)c1. The second-order valence-electron chi connectivity index (χ2n) is 6.19. The Kier molecular flexibility index (Phi) is 6.90. The van der Waals surface area contributed by atoms with Gasteiger partial charge in [-0.1, -0.05) is 29.3 Å². The molecule has 0 spiro atoms. The van der Waals surface area contributed by atoms with Crippen LogP contribution in [0, 0.1) is 0 Å². The Morgan fingerprint density at radius 2 is 1.93 bits per heavy atom. The number of esters is 1. The highest BCUT2D eigenvalue weighted by Crippen LogP contribution is 2.37. The largest absolute Gasteiger partial charge is 0.497 e. The molecular formula is C21H21Cl2NO5. The number of aliphatic hydroxyl groups excluding tert-OH is 1. The van der Waals surface area contributed by atoms with Crippen molar-refractivity contribution in [3.63, 3.8) is 0 Å². The number of carbonyl (C=O) groups excluding carboxylic acids is 1. The Bertz CT molecular complexity index is 1030. The van der Waals surface area contributed by atoms with Gasteiger partial charge in [0.15, 0.2) is 11.4 Å². The van der Waals surface area contributed by atoms with E-state index in [0.29, 0.717) is 33.5 Å². The number of methoxy groups -OCH3 is 1. The van der Waals surface area contributed by atoms with Crippen LogP contribution < -0.4 is 9.47 Å². The first-order valence-corrected chi connectivity index (χ1v) is 9.80. The van der Waals surface area contributed by atoms with Gasteiger partial charge in [-0.15, -0.1) is 0 Å². The fourth-order valence-corrected chi connectivity index (χ4v) is 3.43. The fourth-order valence-electron chi connectivity index (χ4n) is 3.11. The number of fused-ring (bicyclic) bond motifs is 1. The van der Waals surface area contributed by atoms with E-state index in [9.17, 15) is 9.90 Å². The van der Waals surface area contributed by atoms with Gasteiger partial charge in [0, 0.05) is 11.9 Å². The molecule has 154 valence electrons. The minimum Gasteiger partial charge on any atom is -0.497 e. The molecule has 0 saturated heterocycles. The predicted octanol–water partition coefficient (Wildman–Crippen LogP) is 4.55. The third-order valence-corrected chi connectivity index (χ3v) is 5.09. The van der Waals surface area contributed by atoms with Gasteiger partial charge >= 0.3 is 5.97 Å². The van der Waals surface area contributed by atoms with Gasteiger partial charge < -0.3 is 23.9 Å². The molecule has 0 aliphatic heterocycles. The molecule has 0 bridgehead atoms. The Morgan fingerprint density at radius 1 is 1.14 bits per heavy atom. The van der Waals surface area contributed by atoms with E-state index in [0.717, 1.165) is 11.1 Å². The average molecular weight is 438 g/mol. The number of rotatable bonds is 8. The Balaban J connectivity index is 2.22. The molecule has 2 aromatic carbocycles. The molecule has 0 fully saturated rings. The third kappa shape index (κ3) is 4.45. The summed E-state index contributed by atoms with van der Waals surface area (Å²) < 4.78 is 18.2. The lowest BCUT2D eigenvalue weighted by Gasteiger charge is -2.12. The van der Waals surface area contributed by atoms with E-state index in [1.165, 1.54) is 0 Å². The van der Waals surface area contributed by atoms with Crippen molar-refractivity contribution in [2.45, 2.75) is 13.5 Å². The number of aromatic nitrogens is 1. The van der Waals surface area contributed by atoms with E-state index < -0.39 is 5.97 Å². The normalized spacial score (nSPS) is 10.9. The number of halogens is 2. The van der Waals surface area contributed by atoms with Gasteiger partial charge in [0.05, 0.1) is 35.9 Å². The third-order valence-electron chi connectivity index (χ3n) is 4.36. The highest BCUT2D eigenvalue weighted by Gasteiger charge is 2.26. The molecule has 29 heavy (non-hydrogen) atoms. The van der Waals surface area contributed by atoms with Crippen molar-refractivity contribution in [2.75, 3.05) is 26.9 Å². The molecule has 8 heteroatoms. The van der Waals surface area contributed by atoms with Crippen LogP contribution in [0.2, 0.25) is 10.0 Å². The fraction of sp³-hybridized carbons (Fsp3) is 0.286. The van der Waals surface area contributed by atoms with Crippen LogP contribution in [-0.4, -0.2) is 42.6 Å². The van der Waals surface area contributed by atoms with E-state index in [-0.39, 0.29) is 25.5 Å². The summed E-state index contributed by atoms with van der Waals surface area (Å²) in [6, 6.07) is 10.7. The number of ether oxygens (including phenoxy) is 3. The van der Waals surface area contributed by atoms with Crippen molar-refractivity contribution in [3.8, 4) is 11.5 Å². The number of hydrogen-bond donors (Lipinski definition) is 1. The summed E-state index contributed by atoms with van der Waals surface area (Å²) in [6.07, 6.45) is 0. The Hall–Kier alpha value is -2.41. The molecule has 0 amide bonds. The monoisotopic (exact) mass is 437 g/mol. The predicted molar refractivity (Wildman–Crippen MR) is 113 cm³/mol. The van der Waals surface area contributed by atoms with Crippen molar-refractivity contribution in [1.29, 1.82) is 0 Å². The second kappa shape index (κ2) is 9.39. The van der Waals surface area contributed by atoms with Gasteiger partial charge in [-0.05, 0) is 42.8 Å². The van der Waals surface area contributed by atoms with Crippen LogP contribution in [0.25, 0.3) is 10.9 Å². The van der Waals surface area contributed by atoms with Crippen LogP contribution in [0.1, 0.15) is 23.0 Å². The summed E-state index contributed by atoms with van der Waals surface area (Å²) in [4.78, 5) is 12.8. The smallest absolute Gasteiger partial charge is 0.358 e.